The van der Waals surface area contributed by atoms with Crippen molar-refractivity contribution in [3.63, 3.8) is 0 Å². The fraction of sp³-hybridized carbons (Fsp3) is 0.448. The Morgan fingerprint density at radius 3 is 2.83 bits per heavy atom. The largest absolute Gasteiger partial charge is 0.492 e. The third-order valence-corrected chi connectivity index (χ3v) is 7.31. The molecule has 0 amide bonds. The van der Waals surface area contributed by atoms with Gasteiger partial charge in [0, 0.05) is 31.7 Å². The summed E-state index contributed by atoms with van der Waals surface area (Å²) in [7, 11) is 0. The van der Waals surface area contributed by atoms with Gasteiger partial charge in [0.15, 0.2) is 5.78 Å². The van der Waals surface area contributed by atoms with Crippen LogP contribution in [0, 0.1) is 5.82 Å². The number of ether oxygens (including phenoxy) is 1. The molecule has 1 aromatic carbocycles. The molecule has 4 rings (SSSR count). The lowest BCUT2D eigenvalue weighted by molar-refractivity contribution is -0.895. The summed E-state index contributed by atoms with van der Waals surface area (Å²) < 4.78 is 20.5. The predicted molar refractivity (Wildman–Crippen MR) is 154 cm³/mol. The number of unbranched alkanes of at least 4 members (excludes halogenated alkanes) is 1. The number of nitrogens with zero attached hydrogens (tertiary/aromatic N) is 4. The Kier molecular flexibility index (Phi) is 11.1. The zero-order valence-corrected chi connectivity index (χ0v) is 24.4. The highest BCUT2D eigenvalue weighted by Crippen LogP contribution is 2.20. The number of carbonyl (C=O) groups excluding carboxylic acids is 1. The molecule has 0 fully saturated rings. The van der Waals surface area contributed by atoms with Crippen LogP contribution in [0.1, 0.15) is 43.9 Å². The molecule has 0 radical (unpaired) electrons. The van der Waals surface area contributed by atoms with E-state index in [0.717, 1.165) is 61.4 Å². The van der Waals surface area contributed by atoms with Crippen molar-refractivity contribution in [3.05, 3.63) is 70.3 Å². The van der Waals surface area contributed by atoms with Crippen LogP contribution in [0.25, 0.3) is 0 Å². The van der Waals surface area contributed by atoms with Crippen molar-refractivity contribution in [2.75, 3.05) is 43.4 Å². The Morgan fingerprint density at radius 1 is 1.23 bits per heavy atom. The molecule has 214 valence electrons. The molecule has 1 atom stereocenters. The van der Waals surface area contributed by atoms with E-state index in [1.165, 1.54) is 30.8 Å². The molecule has 0 aliphatic carbocycles. The minimum Gasteiger partial charge on any atom is -0.492 e. The number of benzene rings is 1. The molecule has 9 nitrogen and oxygen atoms in total. The Bertz CT molecular complexity index is 1260. The van der Waals surface area contributed by atoms with Crippen LogP contribution in [0.2, 0.25) is 0 Å². The third-order valence-electron chi connectivity index (χ3n) is 6.90. The van der Waals surface area contributed by atoms with Gasteiger partial charge in [-0.2, -0.15) is 0 Å². The maximum Gasteiger partial charge on any atom is 0.428 e. The molecule has 0 spiro atoms. The summed E-state index contributed by atoms with van der Waals surface area (Å²) in [6.07, 6.45) is 8.62. The molecule has 40 heavy (non-hydrogen) atoms. The molecule has 3 heterocycles. The van der Waals surface area contributed by atoms with Gasteiger partial charge in [-0.05, 0) is 97.4 Å². The minimum absolute atomic E-state index is 0.0423. The number of halogens is 2. The lowest BCUT2D eigenvalue weighted by Gasteiger charge is -2.24. The molecule has 2 aromatic heterocycles. The van der Waals surface area contributed by atoms with Gasteiger partial charge in [-0.15, -0.1) is 0 Å². The number of pyridine rings is 1. The third kappa shape index (κ3) is 9.12. The fourth-order valence-corrected chi connectivity index (χ4v) is 4.95. The number of rotatable bonds is 15. The van der Waals surface area contributed by atoms with Crippen LogP contribution < -0.4 is 20.1 Å². The van der Waals surface area contributed by atoms with Crippen LogP contribution in [-0.4, -0.2) is 64.7 Å². The highest BCUT2D eigenvalue weighted by Gasteiger charge is 2.23. The van der Waals surface area contributed by atoms with Crippen molar-refractivity contribution in [1.82, 2.24) is 14.9 Å². The van der Waals surface area contributed by atoms with Crippen molar-refractivity contribution in [2.24, 2.45) is 0 Å². The fourth-order valence-electron chi connectivity index (χ4n) is 4.65. The van der Waals surface area contributed by atoms with Gasteiger partial charge < -0.3 is 15.3 Å². The molecule has 3 N–H and O–H groups in total. The molecule has 0 bridgehead atoms. The van der Waals surface area contributed by atoms with E-state index in [9.17, 15) is 14.4 Å². The number of hydrogen-bond acceptors (Lipinski definition) is 8. The second kappa shape index (κ2) is 14.9. The molecular formula is C29H37BrFN6O3+. The van der Waals surface area contributed by atoms with Crippen molar-refractivity contribution in [2.45, 2.75) is 51.5 Å². The molecule has 0 unspecified atom stereocenters. The van der Waals surface area contributed by atoms with E-state index in [-0.39, 0.29) is 17.5 Å². The van der Waals surface area contributed by atoms with Gasteiger partial charge in [-0.3, -0.25) is 15.0 Å². The van der Waals surface area contributed by atoms with Crippen molar-refractivity contribution in [3.8, 4) is 5.75 Å². The minimum atomic E-state index is -0.514. The van der Waals surface area contributed by atoms with E-state index < -0.39 is 6.04 Å². The molecule has 0 saturated heterocycles. The number of carbonyl (C=O) groups is 1. The second-order valence-corrected chi connectivity index (χ2v) is 10.9. The van der Waals surface area contributed by atoms with Crippen LogP contribution in [-0.2, 0) is 17.6 Å². The van der Waals surface area contributed by atoms with Crippen LogP contribution in [0.4, 0.5) is 16.2 Å². The number of aryl methyl sites for hydroxylation is 2. The summed E-state index contributed by atoms with van der Waals surface area (Å²) >= 11 is 3.26. The summed E-state index contributed by atoms with van der Waals surface area (Å²) in [6.45, 7) is 5.07. The Morgan fingerprint density at radius 2 is 2.05 bits per heavy atom. The lowest BCUT2D eigenvalue weighted by atomic mass is 10.1. The van der Waals surface area contributed by atoms with Crippen molar-refractivity contribution >= 4 is 33.5 Å². The van der Waals surface area contributed by atoms with Gasteiger partial charge in [-0.1, -0.05) is 15.8 Å². The van der Waals surface area contributed by atoms with E-state index in [2.05, 4.69) is 48.6 Å². The Labute approximate surface area is 242 Å². The SMILES string of the molecule is CC(=O)[C@H](CCN(CCCCc1ccc2c(n1)NCCC2)CCOc1ccc(F)cc1)Nc1ncc(Br)c[n+]1O. The first-order chi connectivity index (χ1) is 19.4. The number of hydrogen-bond donors (Lipinski definition) is 3. The lowest BCUT2D eigenvalue weighted by Crippen LogP contribution is -2.41. The van der Waals surface area contributed by atoms with E-state index >= 15 is 0 Å². The molecule has 11 heteroatoms. The van der Waals surface area contributed by atoms with Gasteiger partial charge in [0.1, 0.15) is 42.4 Å². The zero-order valence-electron chi connectivity index (χ0n) is 22.8. The van der Waals surface area contributed by atoms with Crippen molar-refractivity contribution < 1.29 is 23.9 Å². The number of ketones is 1. The van der Waals surface area contributed by atoms with E-state index in [1.807, 2.05) is 0 Å². The van der Waals surface area contributed by atoms with Gasteiger partial charge in [-0.25, -0.2) is 9.37 Å². The number of fused-ring (bicyclic) bond motifs is 1. The first-order valence-corrected chi connectivity index (χ1v) is 14.5. The van der Waals surface area contributed by atoms with Crippen LogP contribution >= 0.6 is 15.9 Å². The molecule has 3 aromatic rings. The first-order valence-electron chi connectivity index (χ1n) is 13.7. The summed E-state index contributed by atoms with van der Waals surface area (Å²) in [6, 6.07) is 9.80. The number of anilines is 2. The van der Waals surface area contributed by atoms with Crippen molar-refractivity contribution in [1.29, 1.82) is 0 Å². The van der Waals surface area contributed by atoms with Gasteiger partial charge in [0.2, 0.25) is 0 Å². The van der Waals surface area contributed by atoms with E-state index in [0.29, 0.717) is 36.3 Å². The summed E-state index contributed by atoms with van der Waals surface area (Å²) in [5, 5.41) is 16.6. The molecular weight excluding hydrogens is 579 g/mol. The average Bonchev–Trinajstić information content (AvgIpc) is 2.94. The maximum absolute atomic E-state index is 13.2. The zero-order chi connectivity index (χ0) is 28.3. The number of nitrogens with one attached hydrogen (secondary N) is 2. The number of Topliss-reactive ketones (excluding diaryl/α,β-unsaturated/α-hetero) is 1. The summed E-state index contributed by atoms with van der Waals surface area (Å²) in [4.78, 5) is 23.6. The molecule has 0 saturated carbocycles. The topological polar surface area (TPSA) is 103 Å². The predicted octanol–water partition coefficient (Wildman–Crippen LogP) is 4.42. The van der Waals surface area contributed by atoms with Crippen LogP contribution in [0.3, 0.4) is 0 Å². The smallest absolute Gasteiger partial charge is 0.428 e. The Hall–Kier alpha value is -3.31. The van der Waals surface area contributed by atoms with Crippen LogP contribution in [0.15, 0.2) is 53.3 Å². The maximum atomic E-state index is 13.2. The standard InChI is InChI=1S/C29H36BrFN6O3/c1-21(38)27(35-29-33-19-23(30)20-37(29)39)13-16-36(17-18-40-26-11-8-24(31)9-12-26)15-3-2-6-25-10-7-22-5-4-14-32-28(22)34-25/h7-12,19-20,27,39H,2-6,13-18H2,1H3,(H,32,34)/p+1/t27-/m0/s1. The van der Waals surface area contributed by atoms with E-state index in [1.54, 1.807) is 18.3 Å². The van der Waals surface area contributed by atoms with E-state index in [4.69, 9.17) is 9.72 Å². The van der Waals surface area contributed by atoms with Gasteiger partial charge in [0.05, 0.1) is 4.47 Å². The first kappa shape index (κ1) is 29.7. The second-order valence-electron chi connectivity index (χ2n) is 9.98. The highest BCUT2D eigenvalue weighted by molar-refractivity contribution is 9.10. The average molecular weight is 617 g/mol. The van der Waals surface area contributed by atoms with Crippen LogP contribution in [0.5, 0.6) is 5.75 Å². The number of aromatic nitrogens is 3. The van der Waals surface area contributed by atoms with Gasteiger partial charge >= 0.3 is 5.95 Å². The molecule has 1 aliphatic rings. The monoisotopic (exact) mass is 615 g/mol. The normalized spacial score (nSPS) is 13.4. The summed E-state index contributed by atoms with van der Waals surface area (Å²) in [5.41, 5.74) is 2.39. The molecule has 1 aliphatic heterocycles. The quantitative estimate of drug-likeness (QED) is 0.131. The Balaban J connectivity index is 1.31. The van der Waals surface area contributed by atoms with Gasteiger partial charge in [0.25, 0.3) is 0 Å². The summed E-state index contributed by atoms with van der Waals surface area (Å²) in [5.74, 6) is 1.49. The highest BCUT2D eigenvalue weighted by atomic mass is 79.9.